The number of amides is 2. The molecule has 1 aliphatic heterocycles. The fourth-order valence-corrected chi connectivity index (χ4v) is 2.78. The summed E-state index contributed by atoms with van der Waals surface area (Å²) in [4.78, 5) is 26.2. The molecule has 6 heteroatoms. The molecule has 1 saturated heterocycles. The molecule has 23 heavy (non-hydrogen) atoms. The molecule has 0 spiro atoms. The van der Waals surface area contributed by atoms with Gasteiger partial charge in [0, 0.05) is 31.3 Å². The number of methoxy groups -OCH3 is 2. The Balaban J connectivity index is 2.09. The lowest BCUT2D eigenvalue weighted by atomic mass is 9.88. The van der Waals surface area contributed by atoms with Crippen LogP contribution in [0.2, 0.25) is 0 Å². The smallest absolute Gasteiger partial charge is 0.232 e. The van der Waals surface area contributed by atoms with Gasteiger partial charge < -0.3 is 19.7 Å². The Bertz CT molecular complexity index is 602. The minimum Gasteiger partial charge on any atom is -0.493 e. The number of likely N-dealkylation sites (tertiary alicyclic amines) is 1. The van der Waals surface area contributed by atoms with Gasteiger partial charge in [-0.1, -0.05) is 6.92 Å². The van der Waals surface area contributed by atoms with Crippen LogP contribution in [0, 0.1) is 5.41 Å². The van der Waals surface area contributed by atoms with Crippen LogP contribution in [-0.2, 0) is 9.59 Å². The zero-order chi connectivity index (χ0) is 17.0. The predicted octanol–water partition coefficient (Wildman–Crippen LogP) is 2.29. The molecule has 1 heterocycles. The average Bonchev–Trinajstić information content (AvgIpc) is 2.97. The second kappa shape index (κ2) is 6.89. The van der Waals surface area contributed by atoms with Gasteiger partial charge in [-0.3, -0.25) is 9.59 Å². The van der Waals surface area contributed by atoms with Crippen LogP contribution >= 0.6 is 0 Å². The Morgan fingerprint density at radius 1 is 1.26 bits per heavy atom. The van der Waals surface area contributed by atoms with E-state index in [1.54, 1.807) is 37.3 Å². The summed E-state index contributed by atoms with van der Waals surface area (Å²) in [6.07, 6.45) is 1.13. The van der Waals surface area contributed by atoms with E-state index in [1.807, 2.05) is 13.8 Å². The number of hydrogen-bond donors (Lipinski definition) is 1. The maximum atomic E-state index is 12.6. The molecular weight excluding hydrogens is 296 g/mol. The van der Waals surface area contributed by atoms with Gasteiger partial charge in [0.05, 0.1) is 19.6 Å². The molecular formula is C17H24N2O4. The average molecular weight is 320 g/mol. The Kier molecular flexibility index (Phi) is 5.13. The van der Waals surface area contributed by atoms with Crippen molar-refractivity contribution in [3.8, 4) is 11.5 Å². The van der Waals surface area contributed by atoms with Gasteiger partial charge in [0.2, 0.25) is 11.8 Å². The van der Waals surface area contributed by atoms with Crippen molar-refractivity contribution in [1.29, 1.82) is 0 Å². The second-order valence-corrected chi connectivity index (χ2v) is 6.00. The van der Waals surface area contributed by atoms with E-state index in [9.17, 15) is 9.59 Å². The standard InChI is InChI=1S/C17H24N2O4/c1-5-15(20)19-9-8-17(2,11-19)16(21)18-12-6-7-13(22-3)14(10-12)23-4/h6-7,10H,5,8-9,11H2,1-4H3,(H,18,21). The zero-order valence-corrected chi connectivity index (χ0v) is 14.1. The van der Waals surface area contributed by atoms with E-state index in [4.69, 9.17) is 9.47 Å². The van der Waals surface area contributed by atoms with Crippen LogP contribution in [0.5, 0.6) is 11.5 Å². The van der Waals surface area contributed by atoms with Crippen molar-refractivity contribution in [2.75, 3.05) is 32.6 Å². The minimum atomic E-state index is -0.571. The molecule has 2 amide bonds. The quantitative estimate of drug-likeness (QED) is 0.904. The molecule has 1 aliphatic rings. The lowest BCUT2D eigenvalue weighted by Crippen LogP contribution is -2.38. The van der Waals surface area contributed by atoms with Crippen LogP contribution in [0.25, 0.3) is 0 Å². The van der Waals surface area contributed by atoms with Crippen LogP contribution in [-0.4, -0.2) is 44.0 Å². The summed E-state index contributed by atoms with van der Waals surface area (Å²) in [5.41, 5.74) is 0.0759. The van der Waals surface area contributed by atoms with Crippen molar-refractivity contribution < 1.29 is 19.1 Å². The van der Waals surface area contributed by atoms with E-state index in [-0.39, 0.29) is 11.8 Å². The molecule has 0 saturated carbocycles. The van der Waals surface area contributed by atoms with E-state index in [1.165, 1.54) is 0 Å². The molecule has 1 aromatic carbocycles. The molecule has 0 aliphatic carbocycles. The third kappa shape index (κ3) is 3.57. The van der Waals surface area contributed by atoms with Crippen molar-refractivity contribution in [3.63, 3.8) is 0 Å². The molecule has 126 valence electrons. The maximum absolute atomic E-state index is 12.6. The Morgan fingerprint density at radius 2 is 1.96 bits per heavy atom. The molecule has 1 fully saturated rings. The van der Waals surface area contributed by atoms with E-state index in [0.717, 1.165) is 0 Å². The van der Waals surface area contributed by atoms with Gasteiger partial charge in [0.25, 0.3) is 0 Å². The third-order valence-corrected chi connectivity index (χ3v) is 4.32. The first-order chi connectivity index (χ1) is 10.9. The van der Waals surface area contributed by atoms with E-state index < -0.39 is 5.41 Å². The van der Waals surface area contributed by atoms with Gasteiger partial charge in [0.15, 0.2) is 11.5 Å². The fourth-order valence-electron chi connectivity index (χ4n) is 2.78. The molecule has 0 radical (unpaired) electrons. The minimum absolute atomic E-state index is 0.0869. The highest BCUT2D eigenvalue weighted by molar-refractivity contribution is 5.96. The molecule has 1 N–H and O–H groups in total. The van der Waals surface area contributed by atoms with Crippen LogP contribution in [0.3, 0.4) is 0 Å². The maximum Gasteiger partial charge on any atom is 0.232 e. The SMILES string of the molecule is CCC(=O)N1CCC(C)(C(=O)Nc2ccc(OC)c(OC)c2)C1. The number of nitrogens with one attached hydrogen (secondary N) is 1. The van der Waals surface area contributed by atoms with Crippen molar-refractivity contribution in [3.05, 3.63) is 18.2 Å². The van der Waals surface area contributed by atoms with Crippen molar-refractivity contribution in [2.24, 2.45) is 5.41 Å². The number of rotatable bonds is 5. The van der Waals surface area contributed by atoms with Crippen LogP contribution in [0.15, 0.2) is 18.2 Å². The summed E-state index contributed by atoms with van der Waals surface area (Å²) < 4.78 is 10.4. The van der Waals surface area contributed by atoms with Gasteiger partial charge in [-0.15, -0.1) is 0 Å². The number of carbonyl (C=O) groups is 2. The number of hydrogen-bond acceptors (Lipinski definition) is 4. The fraction of sp³-hybridized carbons (Fsp3) is 0.529. The van der Waals surface area contributed by atoms with Gasteiger partial charge >= 0.3 is 0 Å². The summed E-state index contributed by atoms with van der Waals surface area (Å²) in [6, 6.07) is 5.24. The number of carbonyl (C=O) groups excluding carboxylic acids is 2. The normalized spacial score (nSPS) is 20.3. The van der Waals surface area contributed by atoms with E-state index in [0.29, 0.717) is 43.1 Å². The van der Waals surface area contributed by atoms with Crippen molar-refractivity contribution in [1.82, 2.24) is 4.90 Å². The highest BCUT2D eigenvalue weighted by Crippen LogP contribution is 2.34. The largest absolute Gasteiger partial charge is 0.493 e. The first-order valence-electron chi connectivity index (χ1n) is 7.74. The third-order valence-electron chi connectivity index (χ3n) is 4.32. The topological polar surface area (TPSA) is 67.9 Å². The first-order valence-corrected chi connectivity index (χ1v) is 7.74. The molecule has 1 atom stereocenters. The molecule has 2 rings (SSSR count). The molecule has 0 aromatic heterocycles. The summed E-state index contributed by atoms with van der Waals surface area (Å²) >= 11 is 0. The second-order valence-electron chi connectivity index (χ2n) is 6.00. The summed E-state index contributed by atoms with van der Waals surface area (Å²) in [5, 5.41) is 2.92. The Morgan fingerprint density at radius 3 is 2.57 bits per heavy atom. The van der Waals surface area contributed by atoms with Crippen LogP contribution in [0.4, 0.5) is 5.69 Å². The molecule has 1 unspecified atom stereocenters. The van der Waals surface area contributed by atoms with Gasteiger partial charge in [-0.25, -0.2) is 0 Å². The first kappa shape index (κ1) is 17.1. The number of anilines is 1. The Hall–Kier alpha value is -2.24. The number of benzene rings is 1. The predicted molar refractivity (Wildman–Crippen MR) is 87.8 cm³/mol. The monoisotopic (exact) mass is 320 g/mol. The number of nitrogens with zero attached hydrogens (tertiary/aromatic N) is 1. The molecule has 1 aromatic rings. The van der Waals surface area contributed by atoms with Crippen molar-refractivity contribution >= 4 is 17.5 Å². The van der Waals surface area contributed by atoms with Crippen molar-refractivity contribution in [2.45, 2.75) is 26.7 Å². The molecule has 6 nitrogen and oxygen atoms in total. The number of ether oxygens (including phenoxy) is 2. The van der Waals surface area contributed by atoms with E-state index in [2.05, 4.69) is 5.32 Å². The highest BCUT2D eigenvalue weighted by atomic mass is 16.5. The summed E-state index contributed by atoms with van der Waals surface area (Å²) in [7, 11) is 3.12. The lowest BCUT2D eigenvalue weighted by Gasteiger charge is -2.24. The zero-order valence-electron chi connectivity index (χ0n) is 14.1. The van der Waals surface area contributed by atoms with Gasteiger partial charge in [0.1, 0.15) is 0 Å². The molecule has 0 bridgehead atoms. The lowest BCUT2D eigenvalue weighted by molar-refractivity contribution is -0.131. The van der Waals surface area contributed by atoms with E-state index >= 15 is 0 Å². The Labute approximate surface area is 136 Å². The van der Waals surface area contributed by atoms with Gasteiger partial charge in [-0.2, -0.15) is 0 Å². The summed E-state index contributed by atoms with van der Waals surface area (Å²) in [5.74, 6) is 1.17. The van der Waals surface area contributed by atoms with Gasteiger partial charge in [-0.05, 0) is 25.5 Å². The van der Waals surface area contributed by atoms with Crippen LogP contribution < -0.4 is 14.8 Å². The highest BCUT2D eigenvalue weighted by Gasteiger charge is 2.41. The van der Waals surface area contributed by atoms with Crippen LogP contribution in [0.1, 0.15) is 26.7 Å². The summed E-state index contributed by atoms with van der Waals surface area (Å²) in [6.45, 7) is 4.81.